The van der Waals surface area contributed by atoms with Gasteiger partial charge in [0.2, 0.25) is 0 Å². The van der Waals surface area contributed by atoms with Crippen molar-refractivity contribution in [3.8, 4) is 11.1 Å². The second-order valence-electron chi connectivity index (χ2n) is 3.72. The van der Waals surface area contributed by atoms with Crippen molar-refractivity contribution in [1.29, 1.82) is 0 Å². The van der Waals surface area contributed by atoms with Gasteiger partial charge in [-0.25, -0.2) is 0 Å². The molecule has 2 aromatic rings. The molecule has 2 aromatic heterocycles. The molecule has 0 aliphatic heterocycles. The number of rotatable bonds is 2. The minimum absolute atomic E-state index is 0.906. The molecule has 0 atom stereocenters. The number of aromatic nitrogens is 3. The third-order valence-electron chi connectivity index (χ3n) is 2.37. The summed E-state index contributed by atoms with van der Waals surface area (Å²) in [6, 6.07) is 4.17. The quantitative estimate of drug-likeness (QED) is 0.788. The van der Waals surface area contributed by atoms with E-state index >= 15 is 0 Å². The SMILES string of the molecule is CC.CC.CCn1cc(-c2cc(C)nc(C)c2)cn1. The van der Waals surface area contributed by atoms with Gasteiger partial charge in [-0.3, -0.25) is 9.67 Å². The van der Waals surface area contributed by atoms with E-state index in [0.29, 0.717) is 0 Å². The number of aryl methyl sites for hydroxylation is 3. The largest absolute Gasteiger partial charge is 0.272 e. The fourth-order valence-electron chi connectivity index (χ4n) is 1.69. The Bertz CT molecular complexity index is 452. The van der Waals surface area contributed by atoms with Crippen LogP contribution >= 0.6 is 0 Å². The Kier molecular flexibility index (Phi) is 8.51. The van der Waals surface area contributed by atoms with E-state index in [2.05, 4.69) is 35.3 Å². The molecule has 0 N–H and O–H groups in total. The van der Waals surface area contributed by atoms with Gasteiger partial charge in [0, 0.05) is 29.7 Å². The van der Waals surface area contributed by atoms with Crippen LogP contribution in [0.1, 0.15) is 46.0 Å². The van der Waals surface area contributed by atoms with Crippen LogP contribution in [0, 0.1) is 13.8 Å². The average molecular weight is 261 g/mol. The molecule has 3 nitrogen and oxygen atoms in total. The van der Waals surface area contributed by atoms with Crippen LogP contribution in [-0.4, -0.2) is 14.8 Å². The van der Waals surface area contributed by atoms with E-state index in [1.807, 2.05) is 52.4 Å². The first kappa shape index (κ1) is 17.4. The van der Waals surface area contributed by atoms with Crippen molar-refractivity contribution in [2.45, 2.75) is 55.0 Å². The second kappa shape index (κ2) is 9.31. The van der Waals surface area contributed by atoms with Crippen molar-refractivity contribution in [2.24, 2.45) is 0 Å². The van der Waals surface area contributed by atoms with Crippen LogP contribution in [0.5, 0.6) is 0 Å². The molecule has 0 saturated carbocycles. The van der Waals surface area contributed by atoms with Gasteiger partial charge in [-0.15, -0.1) is 0 Å². The minimum atomic E-state index is 0.906. The molecule has 0 spiro atoms. The summed E-state index contributed by atoms with van der Waals surface area (Å²) in [6.45, 7) is 15.0. The zero-order valence-electron chi connectivity index (χ0n) is 13.4. The standard InChI is InChI=1S/C12H15N3.2C2H6/c1-4-15-8-12(7-13-15)11-5-9(2)14-10(3)6-11;2*1-2/h5-8H,4H2,1-3H3;2*1-2H3. The molecule has 19 heavy (non-hydrogen) atoms. The first-order chi connectivity index (χ1) is 9.19. The molecule has 3 heteroatoms. The highest BCUT2D eigenvalue weighted by Crippen LogP contribution is 2.19. The van der Waals surface area contributed by atoms with E-state index in [9.17, 15) is 0 Å². The molecule has 0 aliphatic rings. The first-order valence-electron chi connectivity index (χ1n) is 7.17. The van der Waals surface area contributed by atoms with Crippen molar-refractivity contribution < 1.29 is 0 Å². The van der Waals surface area contributed by atoms with E-state index in [-0.39, 0.29) is 0 Å². The molecule has 0 bridgehead atoms. The lowest BCUT2D eigenvalue weighted by Gasteiger charge is -2.01. The van der Waals surface area contributed by atoms with Crippen LogP contribution in [0.15, 0.2) is 24.5 Å². The number of hydrogen-bond donors (Lipinski definition) is 0. The Morgan fingerprint density at radius 2 is 1.47 bits per heavy atom. The third kappa shape index (κ3) is 5.25. The maximum absolute atomic E-state index is 4.36. The molecule has 0 saturated heterocycles. The fourth-order valence-corrected chi connectivity index (χ4v) is 1.69. The monoisotopic (exact) mass is 261 g/mol. The van der Waals surface area contributed by atoms with Gasteiger partial charge in [-0.2, -0.15) is 5.10 Å². The topological polar surface area (TPSA) is 30.7 Å². The van der Waals surface area contributed by atoms with E-state index in [0.717, 1.165) is 23.5 Å². The first-order valence-corrected chi connectivity index (χ1v) is 7.17. The smallest absolute Gasteiger partial charge is 0.0568 e. The Labute approximate surface area is 117 Å². The van der Waals surface area contributed by atoms with Crippen LogP contribution in [0.4, 0.5) is 0 Å². The zero-order chi connectivity index (χ0) is 14.8. The van der Waals surface area contributed by atoms with Gasteiger partial charge in [0.25, 0.3) is 0 Å². The predicted molar refractivity (Wildman–Crippen MR) is 83.3 cm³/mol. The number of pyridine rings is 1. The summed E-state index contributed by atoms with van der Waals surface area (Å²) >= 11 is 0. The van der Waals surface area contributed by atoms with Gasteiger partial charge in [0.15, 0.2) is 0 Å². The number of hydrogen-bond acceptors (Lipinski definition) is 2. The lowest BCUT2D eigenvalue weighted by Crippen LogP contribution is -1.92. The maximum Gasteiger partial charge on any atom is 0.0568 e. The summed E-state index contributed by atoms with van der Waals surface area (Å²) in [5.74, 6) is 0. The summed E-state index contributed by atoms with van der Waals surface area (Å²) < 4.78 is 1.93. The van der Waals surface area contributed by atoms with Gasteiger partial charge in [-0.05, 0) is 38.5 Å². The molecule has 0 fully saturated rings. The summed E-state index contributed by atoms with van der Waals surface area (Å²) in [6.07, 6.45) is 3.96. The molecule has 2 heterocycles. The van der Waals surface area contributed by atoms with Crippen LogP contribution in [-0.2, 0) is 6.54 Å². The Morgan fingerprint density at radius 1 is 0.947 bits per heavy atom. The summed E-state index contributed by atoms with van der Waals surface area (Å²) in [7, 11) is 0. The number of nitrogens with zero attached hydrogens (tertiary/aromatic N) is 3. The molecule has 0 radical (unpaired) electrons. The normalized spacial score (nSPS) is 9.00. The average Bonchev–Trinajstić information content (AvgIpc) is 2.91. The Morgan fingerprint density at radius 3 is 1.89 bits per heavy atom. The van der Waals surface area contributed by atoms with Crippen molar-refractivity contribution in [3.05, 3.63) is 35.9 Å². The van der Waals surface area contributed by atoms with Gasteiger partial charge in [-0.1, -0.05) is 27.7 Å². The minimum Gasteiger partial charge on any atom is -0.272 e. The third-order valence-corrected chi connectivity index (χ3v) is 2.37. The van der Waals surface area contributed by atoms with Gasteiger partial charge in [0.05, 0.1) is 6.20 Å². The highest BCUT2D eigenvalue weighted by Gasteiger charge is 2.02. The summed E-state index contributed by atoms with van der Waals surface area (Å²) in [4.78, 5) is 4.36. The molecule has 106 valence electrons. The Hall–Kier alpha value is -1.64. The van der Waals surface area contributed by atoms with E-state index < -0.39 is 0 Å². The van der Waals surface area contributed by atoms with Crippen LogP contribution in [0.2, 0.25) is 0 Å². The highest BCUT2D eigenvalue weighted by molar-refractivity contribution is 5.62. The van der Waals surface area contributed by atoms with Crippen molar-refractivity contribution in [1.82, 2.24) is 14.8 Å². The molecule has 0 amide bonds. The van der Waals surface area contributed by atoms with Crippen molar-refractivity contribution >= 4 is 0 Å². The molecular weight excluding hydrogens is 234 g/mol. The molecular formula is C16H27N3. The van der Waals surface area contributed by atoms with E-state index in [1.165, 1.54) is 5.56 Å². The van der Waals surface area contributed by atoms with Crippen molar-refractivity contribution in [2.75, 3.05) is 0 Å². The van der Waals surface area contributed by atoms with Gasteiger partial charge >= 0.3 is 0 Å². The lowest BCUT2D eigenvalue weighted by molar-refractivity contribution is 0.660. The predicted octanol–water partition coefficient (Wildman–Crippen LogP) is 4.63. The highest BCUT2D eigenvalue weighted by atomic mass is 15.3. The summed E-state index contributed by atoms with van der Waals surface area (Å²) in [5.41, 5.74) is 4.45. The molecule has 0 aromatic carbocycles. The second-order valence-corrected chi connectivity index (χ2v) is 3.72. The van der Waals surface area contributed by atoms with Crippen LogP contribution in [0.25, 0.3) is 11.1 Å². The van der Waals surface area contributed by atoms with Crippen LogP contribution in [0.3, 0.4) is 0 Å². The molecule has 2 rings (SSSR count). The Balaban J connectivity index is 0.000000741. The summed E-state index contributed by atoms with van der Waals surface area (Å²) in [5, 5.41) is 4.27. The molecule has 0 aliphatic carbocycles. The lowest BCUT2D eigenvalue weighted by atomic mass is 10.1. The fraction of sp³-hybridized carbons (Fsp3) is 0.500. The van der Waals surface area contributed by atoms with E-state index in [4.69, 9.17) is 0 Å². The molecule has 0 unspecified atom stereocenters. The van der Waals surface area contributed by atoms with Crippen LogP contribution < -0.4 is 0 Å². The van der Waals surface area contributed by atoms with Crippen molar-refractivity contribution in [3.63, 3.8) is 0 Å². The van der Waals surface area contributed by atoms with Gasteiger partial charge < -0.3 is 0 Å². The maximum atomic E-state index is 4.36. The van der Waals surface area contributed by atoms with E-state index in [1.54, 1.807) is 0 Å². The zero-order valence-corrected chi connectivity index (χ0v) is 13.4. The van der Waals surface area contributed by atoms with Gasteiger partial charge in [0.1, 0.15) is 0 Å².